The molecule has 1 aliphatic rings. The van der Waals surface area contributed by atoms with Crippen LogP contribution in [-0.2, 0) is 7.05 Å². The molecule has 1 aliphatic heterocycles. The average Bonchev–Trinajstić information content (AvgIpc) is 3.07. The molecule has 0 unspecified atom stereocenters. The van der Waals surface area contributed by atoms with Crippen LogP contribution in [0.4, 0.5) is 11.5 Å². The highest BCUT2D eigenvalue weighted by Gasteiger charge is 2.30. The Balaban J connectivity index is 1.85. The summed E-state index contributed by atoms with van der Waals surface area (Å²) in [6.45, 7) is 1.43. The highest BCUT2D eigenvalue weighted by Crippen LogP contribution is 2.35. The van der Waals surface area contributed by atoms with Gasteiger partial charge in [-0.15, -0.1) is 0 Å². The summed E-state index contributed by atoms with van der Waals surface area (Å²) in [7, 11) is 1.88. The van der Waals surface area contributed by atoms with Gasteiger partial charge in [0.25, 0.3) is 0 Å². The van der Waals surface area contributed by atoms with Gasteiger partial charge in [-0.3, -0.25) is 14.8 Å². The zero-order chi connectivity index (χ0) is 15.0. The highest BCUT2D eigenvalue weighted by molar-refractivity contribution is 6.30. The summed E-state index contributed by atoms with van der Waals surface area (Å²) in [5.41, 5.74) is 1.10. The fourth-order valence-corrected chi connectivity index (χ4v) is 2.83. The van der Waals surface area contributed by atoms with E-state index in [1.165, 1.54) is 12.3 Å². The minimum Gasteiger partial charge on any atom is -0.350 e. The Bertz CT molecular complexity index is 687. The number of aryl methyl sites for hydroxylation is 1. The molecule has 21 heavy (non-hydrogen) atoms. The van der Waals surface area contributed by atoms with Crippen molar-refractivity contribution in [1.29, 1.82) is 0 Å². The van der Waals surface area contributed by atoms with E-state index in [4.69, 9.17) is 11.6 Å². The molecule has 0 bridgehead atoms. The number of rotatable bonds is 3. The molecule has 1 fully saturated rings. The maximum absolute atomic E-state index is 11.2. The second-order valence-electron chi connectivity index (χ2n) is 5.13. The van der Waals surface area contributed by atoms with Crippen molar-refractivity contribution >= 4 is 23.1 Å². The fourth-order valence-electron chi connectivity index (χ4n) is 2.68. The van der Waals surface area contributed by atoms with E-state index in [0.29, 0.717) is 18.3 Å². The predicted molar refractivity (Wildman–Crippen MR) is 78.7 cm³/mol. The predicted octanol–water partition coefficient (Wildman–Crippen LogP) is 2.37. The molecular weight excluding hydrogens is 294 g/mol. The van der Waals surface area contributed by atoms with Crippen molar-refractivity contribution < 1.29 is 4.92 Å². The molecule has 3 heterocycles. The molecule has 0 spiro atoms. The SMILES string of the molecule is Cn1cc([C@@H]2CCN(c3ncc(Cl)cc3[N+](=O)[O-])C2)cn1. The van der Waals surface area contributed by atoms with E-state index in [0.717, 1.165) is 18.5 Å². The number of aromatic nitrogens is 3. The molecule has 2 aromatic heterocycles. The first-order valence-electron chi connectivity index (χ1n) is 6.58. The average molecular weight is 308 g/mol. The number of anilines is 1. The van der Waals surface area contributed by atoms with Gasteiger partial charge in [-0.05, 0) is 12.0 Å². The van der Waals surface area contributed by atoms with Crippen LogP contribution < -0.4 is 4.90 Å². The van der Waals surface area contributed by atoms with E-state index >= 15 is 0 Å². The van der Waals surface area contributed by atoms with E-state index in [2.05, 4.69) is 10.1 Å². The molecule has 3 rings (SSSR count). The summed E-state index contributed by atoms with van der Waals surface area (Å²) < 4.78 is 1.76. The summed E-state index contributed by atoms with van der Waals surface area (Å²) in [6, 6.07) is 1.35. The van der Waals surface area contributed by atoms with Crippen LogP contribution in [0.2, 0.25) is 5.02 Å². The van der Waals surface area contributed by atoms with E-state index in [1.54, 1.807) is 4.68 Å². The first-order valence-corrected chi connectivity index (χ1v) is 6.96. The molecule has 0 saturated carbocycles. The third-order valence-corrected chi connectivity index (χ3v) is 3.90. The van der Waals surface area contributed by atoms with Crippen LogP contribution >= 0.6 is 11.6 Å². The van der Waals surface area contributed by atoms with Crippen LogP contribution in [0.3, 0.4) is 0 Å². The highest BCUT2D eigenvalue weighted by atomic mass is 35.5. The van der Waals surface area contributed by atoms with Crippen LogP contribution in [0.1, 0.15) is 17.9 Å². The van der Waals surface area contributed by atoms with Gasteiger partial charge in [0.15, 0.2) is 0 Å². The van der Waals surface area contributed by atoms with Crippen molar-refractivity contribution in [3.05, 3.63) is 45.4 Å². The first-order chi connectivity index (χ1) is 10.0. The molecule has 8 heteroatoms. The molecule has 110 valence electrons. The lowest BCUT2D eigenvalue weighted by Crippen LogP contribution is -2.21. The Hall–Kier alpha value is -2.15. The van der Waals surface area contributed by atoms with Gasteiger partial charge < -0.3 is 4.90 Å². The molecule has 1 saturated heterocycles. The molecular formula is C13H14ClN5O2. The minimum absolute atomic E-state index is 0.0469. The Kier molecular flexibility index (Phi) is 3.50. The standard InChI is InChI=1S/C13H14ClN5O2/c1-17-7-10(5-16-17)9-2-3-18(8-9)13-12(19(20)21)4-11(14)6-15-13/h4-7,9H,2-3,8H2,1H3/t9-/m1/s1. The molecule has 0 aromatic carbocycles. The monoisotopic (exact) mass is 307 g/mol. The molecule has 0 radical (unpaired) electrons. The smallest absolute Gasteiger partial charge is 0.313 e. The van der Waals surface area contributed by atoms with Crippen molar-refractivity contribution in [2.24, 2.45) is 7.05 Å². The number of hydrogen-bond acceptors (Lipinski definition) is 5. The lowest BCUT2D eigenvalue weighted by Gasteiger charge is -2.17. The lowest BCUT2D eigenvalue weighted by molar-refractivity contribution is -0.384. The van der Waals surface area contributed by atoms with Crippen molar-refractivity contribution in [2.75, 3.05) is 18.0 Å². The second kappa shape index (κ2) is 5.33. The van der Waals surface area contributed by atoms with Gasteiger partial charge in [-0.1, -0.05) is 11.6 Å². The first kappa shape index (κ1) is 13.8. The van der Waals surface area contributed by atoms with Gasteiger partial charge in [0.1, 0.15) is 0 Å². The van der Waals surface area contributed by atoms with E-state index in [1.807, 2.05) is 24.3 Å². The molecule has 0 amide bonds. The normalized spacial score (nSPS) is 18.2. The van der Waals surface area contributed by atoms with Gasteiger partial charge in [0, 0.05) is 44.5 Å². The van der Waals surface area contributed by atoms with E-state index in [9.17, 15) is 10.1 Å². The Morgan fingerprint density at radius 1 is 1.48 bits per heavy atom. The Morgan fingerprint density at radius 2 is 2.29 bits per heavy atom. The van der Waals surface area contributed by atoms with Crippen molar-refractivity contribution in [3.63, 3.8) is 0 Å². The third kappa shape index (κ3) is 2.69. The summed E-state index contributed by atoms with van der Waals surface area (Å²) in [4.78, 5) is 16.8. The molecule has 2 aromatic rings. The Labute approximate surface area is 126 Å². The van der Waals surface area contributed by atoms with Crippen LogP contribution in [0.5, 0.6) is 0 Å². The van der Waals surface area contributed by atoms with Crippen LogP contribution in [-0.4, -0.2) is 32.8 Å². The number of halogens is 1. The van der Waals surface area contributed by atoms with Gasteiger partial charge in [-0.25, -0.2) is 4.98 Å². The number of nitrogens with zero attached hydrogens (tertiary/aromatic N) is 5. The molecule has 0 aliphatic carbocycles. The van der Waals surface area contributed by atoms with Gasteiger partial charge in [0.2, 0.25) is 5.82 Å². The number of pyridine rings is 1. The molecule has 0 N–H and O–H groups in total. The quantitative estimate of drug-likeness (QED) is 0.642. The summed E-state index contributed by atoms with van der Waals surface area (Å²) in [6.07, 6.45) is 6.20. The Morgan fingerprint density at radius 3 is 2.95 bits per heavy atom. The molecule has 7 nitrogen and oxygen atoms in total. The van der Waals surface area contributed by atoms with Crippen LogP contribution in [0.15, 0.2) is 24.7 Å². The summed E-state index contributed by atoms with van der Waals surface area (Å²) in [5, 5.41) is 15.6. The van der Waals surface area contributed by atoms with Crippen LogP contribution in [0.25, 0.3) is 0 Å². The zero-order valence-corrected chi connectivity index (χ0v) is 12.2. The van der Waals surface area contributed by atoms with Crippen molar-refractivity contribution in [1.82, 2.24) is 14.8 Å². The lowest BCUT2D eigenvalue weighted by atomic mass is 10.0. The maximum atomic E-state index is 11.2. The summed E-state index contributed by atoms with van der Waals surface area (Å²) in [5.74, 6) is 0.701. The second-order valence-corrected chi connectivity index (χ2v) is 5.57. The number of hydrogen-bond donors (Lipinski definition) is 0. The minimum atomic E-state index is -0.439. The van der Waals surface area contributed by atoms with E-state index in [-0.39, 0.29) is 10.7 Å². The van der Waals surface area contributed by atoms with Crippen molar-refractivity contribution in [2.45, 2.75) is 12.3 Å². The van der Waals surface area contributed by atoms with Gasteiger partial charge in [-0.2, -0.15) is 5.10 Å². The van der Waals surface area contributed by atoms with Crippen LogP contribution in [0, 0.1) is 10.1 Å². The molecule has 1 atom stereocenters. The van der Waals surface area contributed by atoms with Crippen molar-refractivity contribution in [3.8, 4) is 0 Å². The fraction of sp³-hybridized carbons (Fsp3) is 0.385. The van der Waals surface area contributed by atoms with Gasteiger partial charge >= 0.3 is 5.69 Å². The zero-order valence-electron chi connectivity index (χ0n) is 11.4. The maximum Gasteiger partial charge on any atom is 0.313 e. The summed E-state index contributed by atoms with van der Waals surface area (Å²) >= 11 is 5.80. The van der Waals surface area contributed by atoms with E-state index < -0.39 is 4.92 Å². The topological polar surface area (TPSA) is 77.1 Å². The van der Waals surface area contributed by atoms with Gasteiger partial charge in [0.05, 0.1) is 16.1 Å². The third-order valence-electron chi connectivity index (χ3n) is 3.69. The largest absolute Gasteiger partial charge is 0.350 e. The number of nitro groups is 1.